The molecule has 140 valence electrons. The van der Waals surface area contributed by atoms with Crippen molar-refractivity contribution in [3.63, 3.8) is 0 Å². The Balaban J connectivity index is 1.76. The zero-order chi connectivity index (χ0) is 18.3. The van der Waals surface area contributed by atoms with Crippen molar-refractivity contribution in [2.45, 2.75) is 33.1 Å². The number of rotatable bonds is 8. The fourth-order valence-corrected chi connectivity index (χ4v) is 4.58. The Bertz CT molecular complexity index is 675. The number of sulfonamides is 1. The fraction of sp³-hybridized carbons (Fsp3) is 0.611. The van der Waals surface area contributed by atoms with Crippen molar-refractivity contribution in [3.05, 3.63) is 29.8 Å². The molecule has 25 heavy (non-hydrogen) atoms. The number of hydrogen-bond donors (Lipinski definition) is 1. The molecule has 0 aromatic heterocycles. The summed E-state index contributed by atoms with van der Waals surface area (Å²) in [6.07, 6.45) is 2.04. The normalized spacial score (nSPS) is 18.7. The number of benzene rings is 1. The molecule has 6 nitrogen and oxygen atoms in total. The Morgan fingerprint density at radius 3 is 2.92 bits per heavy atom. The van der Waals surface area contributed by atoms with Crippen LogP contribution in [0.3, 0.4) is 0 Å². The highest BCUT2D eigenvalue weighted by atomic mass is 32.2. The summed E-state index contributed by atoms with van der Waals surface area (Å²) in [6.45, 7) is 5.44. The van der Waals surface area contributed by atoms with Gasteiger partial charge in [-0.15, -0.1) is 0 Å². The van der Waals surface area contributed by atoms with E-state index in [0.717, 1.165) is 24.2 Å². The SMILES string of the molecule is CCCS(=O)(=O)N1CCCC(C(=O)NCCOc2cccc(C)c2)C1. The molecule has 1 atom stereocenters. The summed E-state index contributed by atoms with van der Waals surface area (Å²) in [7, 11) is -3.24. The second kappa shape index (κ2) is 9.20. The molecule has 0 radical (unpaired) electrons. The van der Waals surface area contributed by atoms with Crippen molar-refractivity contribution in [2.75, 3.05) is 32.0 Å². The summed E-state index contributed by atoms with van der Waals surface area (Å²) in [5.74, 6) is 0.554. The molecule has 1 aromatic carbocycles. The van der Waals surface area contributed by atoms with Crippen LogP contribution >= 0.6 is 0 Å². The van der Waals surface area contributed by atoms with Crippen molar-refractivity contribution in [3.8, 4) is 5.75 Å². The highest BCUT2D eigenvalue weighted by molar-refractivity contribution is 7.89. The van der Waals surface area contributed by atoms with Crippen LogP contribution in [0.4, 0.5) is 0 Å². The molecule has 1 unspecified atom stereocenters. The van der Waals surface area contributed by atoms with Crippen molar-refractivity contribution in [1.82, 2.24) is 9.62 Å². The maximum Gasteiger partial charge on any atom is 0.224 e. The molecule has 0 aliphatic carbocycles. The molecule has 0 saturated carbocycles. The van der Waals surface area contributed by atoms with Gasteiger partial charge in [0.1, 0.15) is 12.4 Å². The van der Waals surface area contributed by atoms with E-state index in [9.17, 15) is 13.2 Å². The molecule has 1 N–H and O–H groups in total. The lowest BCUT2D eigenvalue weighted by Gasteiger charge is -2.31. The van der Waals surface area contributed by atoms with E-state index in [1.165, 1.54) is 4.31 Å². The van der Waals surface area contributed by atoms with Crippen molar-refractivity contribution < 1.29 is 17.9 Å². The Morgan fingerprint density at radius 1 is 1.40 bits per heavy atom. The molecule has 0 spiro atoms. The van der Waals surface area contributed by atoms with Gasteiger partial charge in [0.05, 0.1) is 18.2 Å². The highest BCUT2D eigenvalue weighted by Crippen LogP contribution is 2.20. The van der Waals surface area contributed by atoms with Gasteiger partial charge in [0.25, 0.3) is 0 Å². The van der Waals surface area contributed by atoms with E-state index < -0.39 is 10.0 Å². The average Bonchev–Trinajstić information content (AvgIpc) is 2.59. The second-order valence-corrected chi connectivity index (χ2v) is 8.56. The topological polar surface area (TPSA) is 75.7 Å². The third-order valence-electron chi connectivity index (χ3n) is 4.27. The van der Waals surface area contributed by atoms with Gasteiger partial charge in [-0.25, -0.2) is 12.7 Å². The lowest BCUT2D eigenvalue weighted by atomic mass is 9.99. The lowest BCUT2D eigenvalue weighted by molar-refractivity contribution is -0.126. The highest BCUT2D eigenvalue weighted by Gasteiger charge is 2.31. The monoisotopic (exact) mass is 368 g/mol. The molecular weight excluding hydrogens is 340 g/mol. The minimum atomic E-state index is -3.24. The lowest BCUT2D eigenvalue weighted by Crippen LogP contribution is -2.46. The maximum absolute atomic E-state index is 12.3. The number of ether oxygens (including phenoxy) is 1. The number of nitrogens with zero attached hydrogens (tertiary/aromatic N) is 1. The Labute approximate surface area is 150 Å². The Kier molecular flexibility index (Phi) is 7.25. The van der Waals surface area contributed by atoms with Gasteiger partial charge in [0.2, 0.25) is 15.9 Å². The molecule has 0 bridgehead atoms. The van der Waals surface area contributed by atoms with Crippen LogP contribution < -0.4 is 10.1 Å². The molecule has 1 aliphatic heterocycles. The van der Waals surface area contributed by atoms with Crippen molar-refractivity contribution in [1.29, 1.82) is 0 Å². The average molecular weight is 368 g/mol. The largest absolute Gasteiger partial charge is 0.492 e. The van der Waals surface area contributed by atoms with E-state index in [1.807, 2.05) is 38.1 Å². The summed E-state index contributed by atoms with van der Waals surface area (Å²) in [4.78, 5) is 12.3. The first-order valence-electron chi connectivity index (χ1n) is 8.87. The van der Waals surface area contributed by atoms with E-state index in [-0.39, 0.29) is 24.1 Å². The minimum absolute atomic E-state index is 0.0933. The number of aryl methyl sites for hydroxylation is 1. The Hall–Kier alpha value is -1.60. The van der Waals surface area contributed by atoms with Crippen LogP contribution in [0, 0.1) is 12.8 Å². The second-order valence-electron chi connectivity index (χ2n) is 6.47. The quantitative estimate of drug-likeness (QED) is 0.712. The van der Waals surface area contributed by atoms with Gasteiger partial charge in [0.15, 0.2) is 0 Å². The summed E-state index contributed by atoms with van der Waals surface area (Å²) < 4.78 is 31.4. The molecule has 1 amide bonds. The van der Waals surface area contributed by atoms with Gasteiger partial charge in [-0.2, -0.15) is 0 Å². The first-order chi connectivity index (χ1) is 11.9. The van der Waals surface area contributed by atoms with Gasteiger partial charge < -0.3 is 10.1 Å². The fourth-order valence-electron chi connectivity index (χ4n) is 2.99. The van der Waals surface area contributed by atoms with E-state index in [4.69, 9.17) is 4.74 Å². The molecule has 2 rings (SSSR count). The first-order valence-corrected chi connectivity index (χ1v) is 10.5. The third-order valence-corrected chi connectivity index (χ3v) is 6.31. The van der Waals surface area contributed by atoms with Crippen LogP contribution in [-0.4, -0.2) is 50.6 Å². The smallest absolute Gasteiger partial charge is 0.224 e. The van der Waals surface area contributed by atoms with Gasteiger partial charge in [-0.05, 0) is 43.9 Å². The molecule has 7 heteroatoms. The third kappa shape index (κ3) is 6.01. The molecule has 1 aliphatic rings. The molecule has 1 fully saturated rings. The van der Waals surface area contributed by atoms with Gasteiger partial charge in [-0.3, -0.25) is 4.79 Å². The van der Waals surface area contributed by atoms with Crippen molar-refractivity contribution >= 4 is 15.9 Å². The standard InChI is InChI=1S/C18H28N2O4S/c1-3-12-25(22,23)20-10-5-7-16(14-20)18(21)19-9-11-24-17-8-4-6-15(2)13-17/h4,6,8,13,16H,3,5,7,9-12,14H2,1-2H3,(H,19,21). The molecule has 1 aromatic rings. The van der Waals surface area contributed by atoms with Gasteiger partial charge in [-0.1, -0.05) is 19.1 Å². The van der Waals surface area contributed by atoms with Crippen LogP contribution in [0.5, 0.6) is 5.75 Å². The summed E-state index contributed by atoms with van der Waals surface area (Å²) in [6, 6.07) is 7.75. The van der Waals surface area contributed by atoms with Gasteiger partial charge in [0, 0.05) is 13.1 Å². The van der Waals surface area contributed by atoms with Crippen LogP contribution in [0.15, 0.2) is 24.3 Å². The maximum atomic E-state index is 12.3. The van der Waals surface area contributed by atoms with Gasteiger partial charge >= 0.3 is 0 Å². The number of amides is 1. The number of nitrogens with one attached hydrogen (secondary N) is 1. The molecular formula is C18H28N2O4S. The van der Waals surface area contributed by atoms with E-state index in [1.54, 1.807) is 0 Å². The minimum Gasteiger partial charge on any atom is -0.492 e. The number of piperidine rings is 1. The number of hydrogen-bond acceptors (Lipinski definition) is 4. The zero-order valence-electron chi connectivity index (χ0n) is 15.0. The van der Waals surface area contributed by atoms with E-state index in [0.29, 0.717) is 26.1 Å². The number of carbonyl (C=O) groups is 1. The van der Waals surface area contributed by atoms with E-state index >= 15 is 0 Å². The summed E-state index contributed by atoms with van der Waals surface area (Å²) in [5, 5.41) is 2.86. The van der Waals surface area contributed by atoms with E-state index in [2.05, 4.69) is 5.32 Å². The number of carbonyl (C=O) groups excluding carboxylic acids is 1. The van der Waals surface area contributed by atoms with Crippen LogP contribution in [0.25, 0.3) is 0 Å². The first kappa shape index (κ1) is 19.7. The summed E-state index contributed by atoms with van der Waals surface area (Å²) in [5.41, 5.74) is 1.12. The molecule has 1 saturated heterocycles. The predicted octanol–water partition coefficient (Wildman–Crippen LogP) is 1.94. The zero-order valence-corrected chi connectivity index (χ0v) is 15.8. The predicted molar refractivity (Wildman–Crippen MR) is 98.1 cm³/mol. The molecule has 1 heterocycles. The van der Waals surface area contributed by atoms with Crippen LogP contribution in [-0.2, 0) is 14.8 Å². The van der Waals surface area contributed by atoms with Crippen LogP contribution in [0.2, 0.25) is 0 Å². The summed E-state index contributed by atoms with van der Waals surface area (Å²) >= 11 is 0. The van der Waals surface area contributed by atoms with Crippen molar-refractivity contribution in [2.24, 2.45) is 5.92 Å². The Morgan fingerprint density at radius 2 is 2.20 bits per heavy atom. The van der Waals surface area contributed by atoms with Crippen LogP contribution in [0.1, 0.15) is 31.7 Å².